The van der Waals surface area contributed by atoms with Gasteiger partial charge < -0.3 is 15.9 Å². The third kappa shape index (κ3) is 3.08. The van der Waals surface area contributed by atoms with Crippen LogP contribution >= 0.6 is 11.6 Å². The van der Waals surface area contributed by atoms with Gasteiger partial charge in [0.2, 0.25) is 5.91 Å². The van der Waals surface area contributed by atoms with Crippen molar-refractivity contribution >= 4 is 35.0 Å². The van der Waals surface area contributed by atoms with Crippen molar-refractivity contribution in [3.05, 3.63) is 40.4 Å². The van der Waals surface area contributed by atoms with E-state index in [2.05, 4.69) is 0 Å². The van der Waals surface area contributed by atoms with Crippen LogP contribution in [-0.4, -0.2) is 28.1 Å². The van der Waals surface area contributed by atoms with E-state index in [9.17, 15) is 14.4 Å². The smallest absolute Gasteiger partial charge is 0.336 e. The summed E-state index contributed by atoms with van der Waals surface area (Å²) in [5.41, 5.74) is 4.23. The molecule has 94 valence electrons. The van der Waals surface area contributed by atoms with Crippen LogP contribution in [0.4, 0.5) is 0 Å². The molecule has 7 heteroatoms. The van der Waals surface area contributed by atoms with E-state index in [-0.39, 0.29) is 16.1 Å². The number of carboxylic acid groups (broad SMARTS) is 2. The summed E-state index contributed by atoms with van der Waals surface area (Å²) >= 11 is 5.64. The van der Waals surface area contributed by atoms with Crippen LogP contribution in [0, 0.1) is 0 Å². The van der Waals surface area contributed by atoms with Crippen LogP contribution in [0.15, 0.2) is 24.3 Å². The van der Waals surface area contributed by atoms with Gasteiger partial charge in [-0.15, -0.1) is 0 Å². The van der Waals surface area contributed by atoms with E-state index in [1.54, 1.807) is 0 Å². The molecule has 1 aromatic carbocycles. The summed E-state index contributed by atoms with van der Waals surface area (Å²) < 4.78 is 0. The predicted molar refractivity (Wildman–Crippen MR) is 63.2 cm³/mol. The number of nitrogens with two attached hydrogens (primary N) is 1. The lowest BCUT2D eigenvalue weighted by Gasteiger charge is -2.07. The maximum absolute atomic E-state index is 11.2. The fourth-order valence-electron chi connectivity index (χ4n) is 1.33. The first-order valence-electron chi connectivity index (χ1n) is 4.60. The van der Waals surface area contributed by atoms with E-state index < -0.39 is 23.4 Å². The summed E-state index contributed by atoms with van der Waals surface area (Å²) in [6.07, 6.45) is 0.554. The normalized spacial score (nSPS) is 11.1. The molecule has 0 fully saturated rings. The van der Waals surface area contributed by atoms with Gasteiger partial charge in [-0.3, -0.25) is 4.79 Å². The van der Waals surface area contributed by atoms with E-state index in [1.807, 2.05) is 0 Å². The molecule has 0 unspecified atom stereocenters. The van der Waals surface area contributed by atoms with Gasteiger partial charge in [0.25, 0.3) is 0 Å². The fourth-order valence-corrected chi connectivity index (χ4v) is 1.51. The Kier molecular flexibility index (Phi) is 4.06. The lowest BCUT2D eigenvalue weighted by atomic mass is 9.99. The number of benzene rings is 1. The molecule has 0 spiro atoms. The van der Waals surface area contributed by atoms with Crippen molar-refractivity contribution in [2.24, 2.45) is 5.73 Å². The number of amides is 1. The first-order chi connectivity index (χ1) is 8.32. The molecule has 0 radical (unpaired) electrons. The Morgan fingerprint density at radius 3 is 2.22 bits per heavy atom. The number of carbonyl (C=O) groups excluding carboxylic acids is 1. The van der Waals surface area contributed by atoms with Gasteiger partial charge in [-0.05, 0) is 12.1 Å². The molecule has 0 aromatic heterocycles. The average Bonchev–Trinajstić information content (AvgIpc) is 2.25. The Morgan fingerprint density at radius 1 is 1.17 bits per heavy atom. The van der Waals surface area contributed by atoms with Crippen molar-refractivity contribution in [3.63, 3.8) is 0 Å². The van der Waals surface area contributed by atoms with Gasteiger partial charge in [0.1, 0.15) is 0 Å². The second kappa shape index (κ2) is 5.33. The minimum atomic E-state index is -1.41. The molecule has 0 heterocycles. The molecule has 4 N–H and O–H groups in total. The molecule has 0 saturated heterocycles. The lowest BCUT2D eigenvalue weighted by Crippen LogP contribution is -2.16. The maximum atomic E-state index is 11.2. The fraction of sp³-hybridized carbons (Fsp3) is 0. The predicted octanol–water partition coefficient (Wildman–Crippen LogP) is 0.992. The van der Waals surface area contributed by atoms with Gasteiger partial charge in [-0.2, -0.15) is 0 Å². The number of hydrogen-bond acceptors (Lipinski definition) is 3. The molecule has 0 aliphatic heterocycles. The highest BCUT2D eigenvalue weighted by Gasteiger charge is 2.18. The van der Waals surface area contributed by atoms with E-state index in [4.69, 9.17) is 27.5 Å². The van der Waals surface area contributed by atoms with E-state index >= 15 is 0 Å². The minimum absolute atomic E-state index is 0.0956. The van der Waals surface area contributed by atoms with E-state index in [0.29, 0.717) is 6.08 Å². The molecule has 6 nitrogen and oxygen atoms in total. The Hall–Kier alpha value is -2.34. The average molecular weight is 270 g/mol. The van der Waals surface area contributed by atoms with Gasteiger partial charge in [0.05, 0.1) is 11.1 Å². The Balaban J connectivity index is 3.51. The number of halogens is 1. The van der Waals surface area contributed by atoms with Crippen molar-refractivity contribution in [2.45, 2.75) is 0 Å². The van der Waals surface area contributed by atoms with Crippen molar-refractivity contribution in [3.8, 4) is 0 Å². The molecule has 1 amide bonds. The van der Waals surface area contributed by atoms with Gasteiger partial charge in [-0.1, -0.05) is 17.7 Å². The molecule has 18 heavy (non-hydrogen) atoms. The second-order valence-corrected chi connectivity index (χ2v) is 3.69. The monoisotopic (exact) mass is 269 g/mol. The molecule has 1 aromatic rings. The highest BCUT2D eigenvalue weighted by molar-refractivity contribution is 6.31. The van der Waals surface area contributed by atoms with Crippen LogP contribution < -0.4 is 5.73 Å². The molecule has 0 saturated carbocycles. The summed E-state index contributed by atoms with van der Waals surface area (Å²) in [5.74, 6) is -3.79. The van der Waals surface area contributed by atoms with Gasteiger partial charge in [0.15, 0.2) is 0 Å². The molecular formula is C11H8ClNO5. The van der Waals surface area contributed by atoms with Crippen molar-refractivity contribution in [1.29, 1.82) is 0 Å². The van der Waals surface area contributed by atoms with E-state index in [0.717, 1.165) is 6.07 Å². The zero-order valence-electron chi connectivity index (χ0n) is 8.88. The maximum Gasteiger partial charge on any atom is 0.336 e. The van der Waals surface area contributed by atoms with Crippen LogP contribution in [0.5, 0.6) is 0 Å². The number of carbonyl (C=O) groups is 3. The lowest BCUT2D eigenvalue weighted by molar-refractivity contribution is -0.131. The molecular weight excluding hydrogens is 262 g/mol. The van der Waals surface area contributed by atoms with E-state index in [1.165, 1.54) is 12.1 Å². The Morgan fingerprint density at radius 2 is 1.78 bits per heavy atom. The summed E-state index contributed by atoms with van der Waals surface area (Å²) in [5, 5.41) is 17.7. The van der Waals surface area contributed by atoms with Crippen LogP contribution in [0.2, 0.25) is 5.02 Å². The second-order valence-electron chi connectivity index (χ2n) is 3.26. The summed E-state index contributed by atoms with van der Waals surface area (Å²) in [6.45, 7) is 0. The van der Waals surface area contributed by atoms with Gasteiger partial charge >= 0.3 is 11.9 Å². The third-order valence-corrected chi connectivity index (χ3v) is 2.27. The first-order valence-corrected chi connectivity index (χ1v) is 4.98. The van der Waals surface area contributed by atoms with Gasteiger partial charge in [0, 0.05) is 16.7 Å². The van der Waals surface area contributed by atoms with Crippen LogP contribution in [0.3, 0.4) is 0 Å². The minimum Gasteiger partial charge on any atom is -0.478 e. The van der Waals surface area contributed by atoms with Crippen LogP contribution in [-0.2, 0) is 9.59 Å². The van der Waals surface area contributed by atoms with Crippen LogP contribution in [0.25, 0.3) is 5.57 Å². The SMILES string of the molecule is NC(=O)/C(=C\C(=O)O)c1ccc(Cl)cc1C(=O)O. The highest BCUT2D eigenvalue weighted by atomic mass is 35.5. The summed E-state index contributed by atoms with van der Waals surface area (Å²) in [4.78, 5) is 32.7. The quantitative estimate of drug-likeness (QED) is 0.705. The first kappa shape index (κ1) is 13.7. The Bertz CT molecular complexity index is 565. The number of aliphatic carboxylic acids is 1. The van der Waals surface area contributed by atoms with Crippen molar-refractivity contribution in [2.75, 3.05) is 0 Å². The van der Waals surface area contributed by atoms with Gasteiger partial charge in [-0.25, -0.2) is 9.59 Å². The summed E-state index contributed by atoms with van der Waals surface area (Å²) in [7, 11) is 0. The Labute approximate surface area is 106 Å². The number of hydrogen-bond donors (Lipinski definition) is 3. The molecule has 0 aliphatic rings. The largest absolute Gasteiger partial charge is 0.478 e. The third-order valence-electron chi connectivity index (χ3n) is 2.04. The topological polar surface area (TPSA) is 118 Å². The molecule has 1 rings (SSSR count). The number of carboxylic acids is 2. The molecule has 0 bridgehead atoms. The van der Waals surface area contributed by atoms with Crippen LogP contribution in [0.1, 0.15) is 15.9 Å². The number of rotatable bonds is 4. The highest BCUT2D eigenvalue weighted by Crippen LogP contribution is 2.23. The molecule has 0 aliphatic carbocycles. The number of primary amides is 1. The zero-order valence-corrected chi connectivity index (χ0v) is 9.64. The number of aromatic carboxylic acids is 1. The standard InChI is InChI=1S/C11H8ClNO5/c12-5-1-2-6(8(3-5)11(17)18)7(10(13)16)4-9(14)15/h1-4H,(H2,13,16)(H,14,15)(H,17,18)/b7-4-. The zero-order chi connectivity index (χ0) is 13.9. The summed E-state index contributed by atoms with van der Waals surface area (Å²) in [6, 6.07) is 3.67. The van der Waals surface area contributed by atoms with Crippen molar-refractivity contribution in [1.82, 2.24) is 0 Å². The molecule has 0 atom stereocenters. The van der Waals surface area contributed by atoms with Crippen molar-refractivity contribution < 1.29 is 24.6 Å².